The van der Waals surface area contributed by atoms with Gasteiger partial charge in [0.15, 0.2) is 0 Å². The van der Waals surface area contributed by atoms with E-state index in [4.69, 9.17) is 0 Å². The van der Waals surface area contributed by atoms with Gasteiger partial charge in [-0.3, -0.25) is 0 Å². The molecule has 3 rings (SSSR count). The molecule has 1 unspecified atom stereocenters. The molecule has 0 amide bonds. The summed E-state index contributed by atoms with van der Waals surface area (Å²) in [4.78, 5) is 0. The summed E-state index contributed by atoms with van der Waals surface area (Å²) in [5.41, 5.74) is 2.61. The summed E-state index contributed by atoms with van der Waals surface area (Å²) in [6.07, 6.45) is -0.732. The molecule has 3 aromatic carbocycles. The molecule has 138 valence electrons. The number of benzene rings is 3. The van der Waals surface area contributed by atoms with E-state index < -0.39 is 12.1 Å². The molecule has 0 saturated carbocycles. The highest BCUT2D eigenvalue weighted by atomic mass is 19.4. The van der Waals surface area contributed by atoms with Crippen LogP contribution in [0, 0.1) is 5.82 Å². The average molecular weight is 370 g/mol. The first-order valence-corrected chi connectivity index (χ1v) is 8.56. The summed E-state index contributed by atoms with van der Waals surface area (Å²) in [7, 11) is 0. The van der Waals surface area contributed by atoms with Crippen LogP contribution in [0.1, 0.15) is 28.2 Å². The van der Waals surface area contributed by atoms with E-state index in [1.807, 2.05) is 12.2 Å². The van der Waals surface area contributed by atoms with Crippen LogP contribution in [0.2, 0.25) is 0 Å². The predicted molar refractivity (Wildman–Crippen MR) is 101 cm³/mol. The molecule has 27 heavy (non-hydrogen) atoms. The minimum Gasteiger partial charge on any atom is -0.207 e. The number of halogens is 4. The van der Waals surface area contributed by atoms with Crippen molar-refractivity contribution in [1.29, 1.82) is 0 Å². The van der Waals surface area contributed by atoms with Crippen LogP contribution in [0.25, 0.3) is 12.2 Å². The third-order valence-corrected chi connectivity index (χ3v) is 4.35. The van der Waals surface area contributed by atoms with Gasteiger partial charge in [-0.25, -0.2) is 4.39 Å². The maximum absolute atomic E-state index is 13.5. The van der Waals surface area contributed by atoms with Crippen LogP contribution in [0.3, 0.4) is 0 Å². The Kier molecular flexibility index (Phi) is 5.75. The molecule has 0 saturated heterocycles. The van der Waals surface area contributed by atoms with Crippen LogP contribution in [-0.4, -0.2) is 6.18 Å². The highest BCUT2D eigenvalue weighted by Crippen LogP contribution is 2.37. The molecule has 0 heterocycles. The van der Waals surface area contributed by atoms with Crippen molar-refractivity contribution in [1.82, 2.24) is 0 Å². The van der Waals surface area contributed by atoms with E-state index in [-0.39, 0.29) is 17.8 Å². The first-order valence-electron chi connectivity index (χ1n) is 8.56. The Balaban J connectivity index is 1.73. The molecule has 0 radical (unpaired) electrons. The van der Waals surface area contributed by atoms with Crippen LogP contribution in [0.4, 0.5) is 17.6 Å². The zero-order valence-corrected chi connectivity index (χ0v) is 14.5. The lowest BCUT2D eigenvalue weighted by atomic mass is 9.91. The fourth-order valence-electron chi connectivity index (χ4n) is 2.87. The number of rotatable bonds is 5. The third kappa shape index (κ3) is 5.30. The molecule has 0 aliphatic rings. The second-order valence-corrected chi connectivity index (χ2v) is 6.34. The smallest absolute Gasteiger partial charge is 0.207 e. The largest absolute Gasteiger partial charge is 0.396 e. The van der Waals surface area contributed by atoms with Gasteiger partial charge in [-0.05, 0) is 40.8 Å². The molecular weight excluding hydrogens is 352 g/mol. The van der Waals surface area contributed by atoms with E-state index >= 15 is 0 Å². The quantitative estimate of drug-likeness (QED) is 0.339. The Bertz CT molecular complexity index is 876. The predicted octanol–water partition coefficient (Wildman–Crippen LogP) is 6.88. The van der Waals surface area contributed by atoms with Crippen molar-refractivity contribution >= 4 is 12.2 Å². The molecule has 0 aliphatic carbocycles. The summed E-state index contributed by atoms with van der Waals surface area (Å²) in [6.45, 7) is 0. The van der Waals surface area contributed by atoms with Gasteiger partial charge in [0, 0.05) is 0 Å². The lowest BCUT2D eigenvalue weighted by Crippen LogP contribution is -2.22. The molecule has 4 heteroatoms. The lowest BCUT2D eigenvalue weighted by Gasteiger charge is -2.21. The SMILES string of the molecule is Fc1ccc(/C=C/c2ccc(CC(c3ccccc3)C(F)(F)F)cc2)cc1. The van der Waals surface area contributed by atoms with Crippen LogP contribution in [0.5, 0.6) is 0 Å². The molecule has 0 bridgehead atoms. The van der Waals surface area contributed by atoms with Crippen LogP contribution in [0.15, 0.2) is 78.9 Å². The summed E-state index contributed by atoms with van der Waals surface area (Å²) >= 11 is 0. The van der Waals surface area contributed by atoms with Crippen molar-refractivity contribution in [2.45, 2.75) is 18.5 Å². The minimum absolute atomic E-state index is 0.102. The average Bonchev–Trinajstić information content (AvgIpc) is 2.66. The second-order valence-electron chi connectivity index (χ2n) is 6.34. The zero-order chi connectivity index (χ0) is 19.3. The van der Waals surface area contributed by atoms with Crippen molar-refractivity contribution in [2.75, 3.05) is 0 Å². The normalized spacial score (nSPS) is 13.0. The first kappa shape index (κ1) is 18.9. The van der Waals surface area contributed by atoms with Crippen LogP contribution < -0.4 is 0 Å². The van der Waals surface area contributed by atoms with Gasteiger partial charge in [0.05, 0.1) is 5.92 Å². The molecule has 0 spiro atoms. The molecule has 0 N–H and O–H groups in total. The van der Waals surface area contributed by atoms with E-state index in [1.54, 1.807) is 54.6 Å². The van der Waals surface area contributed by atoms with Crippen molar-refractivity contribution in [3.05, 3.63) is 107 Å². The highest BCUT2D eigenvalue weighted by Gasteiger charge is 2.40. The topological polar surface area (TPSA) is 0 Å². The molecular formula is C23H18F4. The second kappa shape index (κ2) is 8.21. The van der Waals surface area contributed by atoms with Gasteiger partial charge in [-0.15, -0.1) is 0 Å². The fourth-order valence-corrected chi connectivity index (χ4v) is 2.87. The van der Waals surface area contributed by atoms with Crippen molar-refractivity contribution in [3.63, 3.8) is 0 Å². The monoisotopic (exact) mass is 370 g/mol. The Hall–Kier alpha value is -2.88. The standard InChI is InChI=1S/C23H18F4/c24-21-14-12-18(13-15-21)7-6-17-8-10-19(11-9-17)16-22(23(25,26)27)20-4-2-1-3-5-20/h1-15,22H,16H2/b7-6+. The Morgan fingerprint density at radius 1 is 0.704 bits per heavy atom. The lowest BCUT2D eigenvalue weighted by molar-refractivity contribution is -0.150. The molecule has 1 atom stereocenters. The van der Waals surface area contributed by atoms with E-state index in [9.17, 15) is 17.6 Å². The highest BCUT2D eigenvalue weighted by molar-refractivity contribution is 5.69. The van der Waals surface area contributed by atoms with Gasteiger partial charge in [-0.2, -0.15) is 13.2 Å². The summed E-state index contributed by atoms with van der Waals surface area (Å²) in [5, 5.41) is 0. The Labute approximate surface area is 155 Å². The third-order valence-electron chi connectivity index (χ3n) is 4.35. The fraction of sp³-hybridized carbons (Fsp3) is 0.130. The van der Waals surface area contributed by atoms with E-state index in [1.165, 1.54) is 24.3 Å². The zero-order valence-electron chi connectivity index (χ0n) is 14.5. The number of alkyl halides is 3. The first-order chi connectivity index (χ1) is 12.9. The maximum atomic E-state index is 13.5. The van der Waals surface area contributed by atoms with Crippen molar-refractivity contribution in [3.8, 4) is 0 Å². The van der Waals surface area contributed by atoms with Gasteiger partial charge >= 0.3 is 6.18 Å². The van der Waals surface area contributed by atoms with Gasteiger partial charge in [0.25, 0.3) is 0 Å². The molecule has 0 aliphatic heterocycles. The van der Waals surface area contributed by atoms with Crippen LogP contribution in [-0.2, 0) is 6.42 Å². The van der Waals surface area contributed by atoms with Gasteiger partial charge in [0.2, 0.25) is 0 Å². The van der Waals surface area contributed by atoms with Crippen molar-refractivity contribution < 1.29 is 17.6 Å². The van der Waals surface area contributed by atoms with E-state index in [0.29, 0.717) is 5.56 Å². The van der Waals surface area contributed by atoms with Crippen molar-refractivity contribution in [2.24, 2.45) is 0 Å². The molecule has 0 nitrogen and oxygen atoms in total. The summed E-state index contributed by atoms with van der Waals surface area (Å²) < 4.78 is 53.3. The van der Waals surface area contributed by atoms with Gasteiger partial charge in [-0.1, -0.05) is 78.9 Å². The Morgan fingerprint density at radius 3 is 1.74 bits per heavy atom. The number of hydrogen-bond donors (Lipinski definition) is 0. The number of hydrogen-bond acceptors (Lipinski definition) is 0. The molecule has 0 fully saturated rings. The van der Waals surface area contributed by atoms with Gasteiger partial charge < -0.3 is 0 Å². The van der Waals surface area contributed by atoms with Crippen LogP contribution >= 0.6 is 0 Å². The summed E-state index contributed by atoms with van der Waals surface area (Å²) in [6, 6.07) is 21.1. The Morgan fingerprint density at radius 2 is 1.22 bits per heavy atom. The van der Waals surface area contributed by atoms with E-state index in [2.05, 4.69) is 0 Å². The summed E-state index contributed by atoms with van der Waals surface area (Å²) in [5.74, 6) is -1.83. The van der Waals surface area contributed by atoms with Gasteiger partial charge in [0.1, 0.15) is 5.82 Å². The maximum Gasteiger partial charge on any atom is 0.396 e. The minimum atomic E-state index is -4.30. The molecule has 0 aromatic heterocycles. The molecule has 3 aromatic rings. The van der Waals surface area contributed by atoms with E-state index in [0.717, 1.165) is 11.1 Å².